The van der Waals surface area contributed by atoms with E-state index < -0.39 is 11.5 Å². The van der Waals surface area contributed by atoms with Crippen LogP contribution >= 0.6 is 11.3 Å². The summed E-state index contributed by atoms with van der Waals surface area (Å²) in [4.78, 5) is 10.4. The molecule has 0 aliphatic rings. The Balaban J connectivity index is 2.85. The number of aliphatic hydroxyl groups is 1. The van der Waals surface area contributed by atoms with Crippen LogP contribution < -0.4 is 0 Å². The van der Waals surface area contributed by atoms with Crippen LogP contribution in [0.2, 0.25) is 0 Å². The smallest absolute Gasteiger partial charge is 0.272 e. The van der Waals surface area contributed by atoms with Crippen LogP contribution in [0.15, 0.2) is 23.2 Å². The third-order valence-corrected chi connectivity index (χ3v) is 2.07. The van der Waals surface area contributed by atoms with Gasteiger partial charge in [0.2, 0.25) is 0 Å². The lowest BCUT2D eigenvalue weighted by Crippen LogP contribution is -2.02. The van der Waals surface area contributed by atoms with Crippen LogP contribution in [0, 0.1) is 10.1 Å². The van der Waals surface area contributed by atoms with Crippen molar-refractivity contribution < 1.29 is 10.0 Å². The Kier molecular flexibility index (Phi) is 2.95. The zero-order valence-electron chi connectivity index (χ0n) is 6.14. The average molecular weight is 185 g/mol. The second kappa shape index (κ2) is 3.99. The third-order valence-electron chi connectivity index (χ3n) is 1.25. The number of nitrogens with zero attached hydrogens (tertiary/aromatic N) is 1. The molecule has 5 heteroatoms. The Bertz CT molecular complexity index is 292. The number of nitro groups is 1. The summed E-state index contributed by atoms with van der Waals surface area (Å²) in [5.41, 5.74) is -0.183. The Morgan fingerprint density at radius 3 is 3.00 bits per heavy atom. The summed E-state index contributed by atoms with van der Waals surface area (Å²) < 4.78 is 0. The average Bonchev–Trinajstić information content (AvgIpc) is 2.51. The molecule has 0 atom stereocenters. The van der Waals surface area contributed by atoms with Crippen molar-refractivity contribution in [3.05, 3.63) is 38.2 Å². The van der Waals surface area contributed by atoms with Crippen LogP contribution in [-0.2, 0) is 0 Å². The fraction of sp³-hybridized carbons (Fsp3) is 0.143. The molecule has 0 saturated carbocycles. The van der Waals surface area contributed by atoms with E-state index in [0.29, 0.717) is 0 Å². The maximum absolute atomic E-state index is 10.2. The zero-order chi connectivity index (χ0) is 8.97. The summed E-state index contributed by atoms with van der Waals surface area (Å²) in [5.74, 6) is 0. The van der Waals surface area contributed by atoms with Crippen molar-refractivity contribution in [1.29, 1.82) is 0 Å². The monoisotopic (exact) mass is 185 g/mol. The first kappa shape index (κ1) is 8.89. The maximum atomic E-state index is 10.2. The van der Waals surface area contributed by atoms with E-state index in [1.54, 1.807) is 12.1 Å². The lowest BCUT2D eigenvalue weighted by Gasteiger charge is -1.90. The largest absolute Gasteiger partial charge is 0.385 e. The van der Waals surface area contributed by atoms with Gasteiger partial charge in [-0.1, -0.05) is 6.07 Å². The molecule has 4 nitrogen and oxygen atoms in total. The van der Waals surface area contributed by atoms with Gasteiger partial charge in [-0.25, -0.2) is 0 Å². The third kappa shape index (κ3) is 2.14. The first-order valence-electron chi connectivity index (χ1n) is 3.23. The summed E-state index contributed by atoms with van der Waals surface area (Å²) in [5, 5.41) is 20.6. The molecule has 0 bridgehead atoms. The Morgan fingerprint density at radius 2 is 2.58 bits per heavy atom. The molecule has 0 aliphatic carbocycles. The SMILES string of the molecule is O=[N+]([O-])/C(=C\c1cccs1)CO. The molecular weight excluding hydrogens is 178 g/mol. The molecule has 64 valence electrons. The van der Waals surface area contributed by atoms with Gasteiger partial charge >= 0.3 is 0 Å². The molecule has 0 aliphatic heterocycles. The summed E-state index contributed by atoms with van der Waals surface area (Å²) in [6, 6.07) is 3.55. The van der Waals surface area contributed by atoms with Crippen LogP contribution in [0.25, 0.3) is 6.08 Å². The van der Waals surface area contributed by atoms with Gasteiger partial charge in [-0.15, -0.1) is 11.3 Å². The van der Waals surface area contributed by atoms with Gasteiger partial charge in [0.15, 0.2) is 0 Å². The molecule has 0 amide bonds. The second-order valence-corrected chi connectivity index (χ2v) is 3.05. The topological polar surface area (TPSA) is 63.4 Å². The van der Waals surface area contributed by atoms with E-state index in [9.17, 15) is 10.1 Å². The van der Waals surface area contributed by atoms with E-state index in [1.807, 2.05) is 5.38 Å². The fourth-order valence-electron chi connectivity index (χ4n) is 0.694. The van der Waals surface area contributed by atoms with Crippen molar-refractivity contribution in [3.8, 4) is 0 Å². The summed E-state index contributed by atoms with van der Waals surface area (Å²) in [6.07, 6.45) is 1.37. The van der Waals surface area contributed by atoms with Gasteiger partial charge in [0.1, 0.15) is 6.61 Å². The molecular formula is C7H7NO3S. The van der Waals surface area contributed by atoms with Crippen molar-refractivity contribution >= 4 is 17.4 Å². The van der Waals surface area contributed by atoms with Crippen molar-refractivity contribution in [2.45, 2.75) is 0 Å². The summed E-state index contributed by atoms with van der Waals surface area (Å²) in [7, 11) is 0. The van der Waals surface area contributed by atoms with Gasteiger partial charge in [-0.05, 0) is 11.4 Å². The molecule has 0 unspecified atom stereocenters. The summed E-state index contributed by atoms with van der Waals surface area (Å²) in [6.45, 7) is -0.537. The molecule has 1 rings (SSSR count). The highest BCUT2D eigenvalue weighted by Crippen LogP contribution is 2.13. The Hall–Kier alpha value is -1.20. The minimum Gasteiger partial charge on any atom is -0.385 e. The first-order valence-corrected chi connectivity index (χ1v) is 4.11. The molecule has 0 spiro atoms. The van der Waals surface area contributed by atoms with E-state index in [-0.39, 0.29) is 5.70 Å². The lowest BCUT2D eigenvalue weighted by molar-refractivity contribution is -0.428. The van der Waals surface area contributed by atoms with Crippen molar-refractivity contribution in [3.63, 3.8) is 0 Å². The van der Waals surface area contributed by atoms with Gasteiger partial charge < -0.3 is 5.11 Å². The van der Waals surface area contributed by atoms with Crippen molar-refractivity contribution in [1.82, 2.24) is 0 Å². The lowest BCUT2D eigenvalue weighted by atomic mass is 10.3. The van der Waals surface area contributed by atoms with E-state index >= 15 is 0 Å². The number of hydrogen-bond donors (Lipinski definition) is 1. The molecule has 1 aromatic rings. The predicted molar refractivity (Wildman–Crippen MR) is 46.4 cm³/mol. The van der Waals surface area contributed by atoms with Crippen LogP contribution in [0.1, 0.15) is 4.88 Å². The van der Waals surface area contributed by atoms with Gasteiger partial charge in [-0.2, -0.15) is 0 Å². The molecule has 1 aromatic heterocycles. The van der Waals surface area contributed by atoms with E-state index in [1.165, 1.54) is 17.4 Å². The fourth-order valence-corrected chi connectivity index (χ4v) is 1.37. The quantitative estimate of drug-likeness (QED) is 0.571. The number of aliphatic hydroxyl groups excluding tert-OH is 1. The maximum Gasteiger partial charge on any atom is 0.272 e. The molecule has 0 aromatic carbocycles. The highest BCUT2D eigenvalue weighted by atomic mass is 32.1. The predicted octanol–water partition coefficient (Wildman–Crippen LogP) is 1.36. The normalized spacial score (nSPS) is 11.6. The molecule has 0 radical (unpaired) electrons. The molecule has 0 saturated heterocycles. The molecule has 1 N–H and O–H groups in total. The van der Waals surface area contributed by atoms with Crippen LogP contribution in [0.5, 0.6) is 0 Å². The zero-order valence-corrected chi connectivity index (χ0v) is 6.95. The highest BCUT2D eigenvalue weighted by Gasteiger charge is 2.07. The number of rotatable bonds is 3. The van der Waals surface area contributed by atoms with E-state index in [4.69, 9.17) is 5.11 Å². The Labute approximate surface area is 72.9 Å². The van der Waals surface area contributed by atoms with E-state index in [0.717, 1.165) is 4.88 Å². The first-order chi connectivity index (χ1) is 5.74. The minimum absolute atomic E-state index is 0.183. The van der Waals surface area contributed by atoms with E-state index in [2.05, 4.69) is 0 Å². The van der Waals surface area contributed by atoms with Gasteiger partial charge in [0, 0.05) is 11.0 Å². The molecule has 1 heterocycles. The van der Waals surface area contributed by atoms with Crippen molar-refractivity contribution in [2.75, 3.05) is 6.61 Å². The Morgan fingerprint density at radius 1 is 1.83 bits per heavy atom. The molecule has 12 heavy (non-hydrogen) atoms. The minimum atomic E-state index is -0.584. The second-order valence-electron chi connectivity index (χ2n) is 2.07. The number of hydrogen-bond acceptors (Lipinski definition) is 4. The standard InChI is InChI=1S/C7H7NO3S/c9-5-6(8(10)11)4-7-2-1-3-12-7/h1-4,9H,5H2/b6-4-. The van der Waals surface area contributed by atoms with Crippen LogP contribution in [-0.4, -0.2) is 16.6 Å². The highest BCUT2D eigenvalue weighted by molar-refractivity contribution is 7.10. The van der Waals surface area contributed by atoms with Crippen LogP contribution in [0.4, 0.5) is 0 Å². The van der Waals surface area contributed by atoms with Gasteiger partial charge in [0.05, 0.1) is 4.92 Å². The summed E-state index contributed by atoms with van der Waals surface area (Å²) >= 11 is 1.39. The van der Waals surface area contributed by atoms with Gasteiger partial charge in [0.25, 0.3) is 5.70 Å². The molecule has 0 fully saturated rings. The van der Waals surface area contributed by atoms with Crippen molar-refractivity contribution in [2.24, 2.45) is 0 Å². The van der Waals surface area contributed by atoms with Gasteiger partial charge in [-0.3, -0.25) is 10.1 Å². The number of thiophene rings is 1. The van der Waals surface area contributed by atoms with Crippen LogP contribution in [0.3, 0.4) is 0 Å².